The van der Waals surface area contributed by atoms with Crippen molar-refractivity contribution in [3.05, 3.63) is 13.8 Å². The summed E-state index contributed by atoms with van der Waals surface area (Å²) < 4.78 is 9.54. The summed E-state index contributed by atoms with van der Waals surface area (Å²) >= 11 is 0. The van der Waals surface area contributed by atoms with Crippen LogP contribution in [0.4, 0.5) is 0 Å². The number of nitrogens with two attached hydrogens (primary N) is 3. The minimum atomic E-state index is -0.958. The van der Waals surface area contributed by atoms with Gasteiger partial charge in [0.25, 0.3) is 0 Å². The number of esters is 2. The predicted molar refractivity (Wildman–Crippen MR) is 316 cm³/mol. The van der Waals surface area contributed by atoms with E-state index >= 15 is 0 Å². The van der Waals surface area contributed by atoms with Crippen molar-refractivity contribution >= 4 is 82.9 Å². The number of amides is 10. The fourth-order valence-electron chi connectivity index (χ4n) is 11.4. The summed E-state index contributed by atoms with van der Waals surface area (Å²) in [4.78, 5) is 165. The van der Waals surface area contributed by atoms with Crippen molar-refractivity contribution in [1.29, 1.82) is 0 Å². The maximum Gasteiger partial charge on any atom is 0.365 e. The van der Waals surface area contributed by atoms with Crippen LogP contribution in [0.25, 0.3) is 0 Å². The molecule has 0 aromatic heterocycles. The van der Waals surface area contributed by atoms with Crippen molar-refractivity contribution in [2.75, 3.05) is 67.1 Å². The van der Waals surface area contributed by atoms with Crippen molar-refractivity contribution in [2.24, 2.45) is 17.2 Å². The van der Waals surface area contributed by atoms with E-state index in [0.29, 0.717) is 123 Å². The van der Waals surface area contributed by atoms with Crippen LogP contribution in [0, 0.1) is 13.8 Å². The highest BCUT2D eigenvalue weighted by molar-refractivity contribution is 5.90. The number of aliphatic carboxylic acids is 2. The van der Waals surface area contributed by atoms with Crippen LogP contribution in [-0.4, -0.2) is 236 Å². The smallest absolute Gasteiger partial charge is 0.365 e. The summed E-state index contributed by atoms with van der Waals surface area (Å²) in [5.74, 6) is -3.42. The first-order valence-electron chi connectivity index (χ1n) is 30.3. The monoisotopic (exact) mass is 1240 g/mol. The molecule has 0 spiro atoms. The van der Waals surface area contributed by atoms with Gasteiger partial charge in [-0.25, -0.2) is 24.0 Å². The summed E-state index contributed by atoms with van der Waals surface area (Å²) in [7, 11) is 4.53. The van der Waals surface area contributed by atoms with Crippen LogP contribution in [-0.2, 0) is 76.6 Å². The summed E-state index contributed by atoms with van der Waals surface area (Å²) in [6.45, 7) is 21.0. The first kappa shape index (κ1) is 77.5. The maximum absolute atomic E-state index is 11.7. The Morgan fingerprint density at radius 1 is 0.425 bits per heavy atom. The molecule has 0 bridgehead atoms. The second kappa shape index (κ2) is 39.3. The predicted octanol–water partition coefficient (Wildman–Crippen LogP) is 1.46. The molecule has 10 amide bonds. The van der Waals surface area contributed by atoms with Crippen LogP contribution >= 0.6 is 0 Å². The molecule has 8 atom stereocenters. The van der Waals surface area contributed by atoms with Gasteiger partial charge in [-0.2, -0.15) is 0 Å². The van der Waals surface area contributed by atoms with Gasteiger partial charge in [0, 0.05) is 90.6 Å². The SMILES string of the molecule is CC[C@@H](C(=O)O)N1CCCC1=O.CC[C@@H](C(=O)OC)[N+]1(C)CCCC1=O.CC[C@@H](C(N)=O)N1CCCC1=O.CC[C@@H](C(N)=O)N1CCCC1=O.CC[C@H](C(N)=O)N1CCCC1=O.[CH2+]C[C@@H](C(=O)O)N1CCCC1=O.[CH2+]C[C@@H](C(=O)OC)N1CCCC1=O. The normalized spacial score (nSPS) is 21.1. The Bertz CT molecular complexity index is 2120. The minimum absolute atomic E-state index is 0.0238. The van der Waals surface area contributed by atoms with Crippen LogP contribution < -0.4 is 17.2 Å². The molecule has 0 saturated carbocycles. The fourth-order valence-corrected chi connectivity index (χ4v) is 11.4. The molecule has 7 aliphatic heterocycles. The third kappa shape index (κ3) is 22.9. The van der Waals surface area contributed by atoms with E-state index in [-0.39, 0.29) is 88.4 Å². The number of methoxy groups -OCH3 is 2. The average Bonchev–Trinajstić information content (AvgIpc) is 4.56. The number of likely N-dealkylation sites (tertiary alicyclic amines) is 7. The van der Waals surface area contributed by atoms with E-state index in [2.05, 4.69) is 18.6 Å². The highest BCUT2D eigenvalue weighted by Crippen LogP contribution is 2.26. The van der Waals surface area contributed by atoms with Crippen molar-refractivity contribution in [3.8, 4) is 0 Å². The van der Waals surface area contributed by atoms with Crippen LogP contribution in [0.5, 0.6) is 0 Å². The first-order valence-corrected chi connectivity index (χ1v) is 30.3. The van der Waals surface area contributed by atoms with Gasteiger partial charge in [-0.15, -0.1) is 0 Å². The lowest BCUT2D eigenvalue weighted by molar-refractivity contribution is -0.843. The van der Waals surface area contributed by atoms with Gasteiger partial charge < -0.3 is 66.3 Å². The standard InChI is InChI=1S/C10H18NO3.C9H14NO3.3C8H14N2O2.C8H13NO3.C8H11NO3/c1-4-8(10(13)14-3)11(2)7-5-6-9(11)12;1-3-7(9(12)13-2)10-6-4-5-8(10)11;3*1-2-6(8(9)12)10-5-3-4-7(10)11;2*1-2-6(8(11)12)9-5-3-4-7(9)10/h8H,4-7H2,1-3H3;7H,1,3-6H2,2H3;3*6H,2-5H2,1H3,(H2,9,12);6H,2-5H2,1H3,(H,11,12);6H,1-5H2/q2*+1;;;;;/p+1/t8-,11?;7-;5*6-/m0010000/s1. The van der Waals surface area contributed by atoms with Gasteiger partial charge in [-0.05, 0) is 64.2 Å². The second-order valence-electron chi connectivity index (χ2n) is 21.8. The van der Waals surface area contributed by atoms with Gasteiger partial charge in [-0.3, -0.25) is 47.6 Å². The molecule has 0 aromatic rings. The maximum atomic E-state index is 11.7. The van der Waals surface area contributed by atoms with Gasteiger partial charge in [0.1, 0.15) is 37.0 Å². The Kier molecular flexibility index (Phi) is 35.0. The molecule has 7 saturated heterocycles. The van der Waals surface area contributed by atoms with E-state index in [4.69, 9.17) is 32.2 Å². The molecule has 28 heteroatoms. The molecule has 1 unspecified atom stereocenters. The van der Waals surface area contributed by atoms with Crippen LogP contribution in [0.15, 0.2) is 0 Å². The number of nitrogens with zero attached hydrogens (tertiary/aromatic N) is 7. The number of carboxylic acid groups (broad SMARTS) is 2. The topological polar surface area (TPSA) is 395 Å². The zero-order valence-electron chi connectivity index (χ0n) is 52.5. The second-order valence-corrected chi connectivity index (χ2v) is 21.8. The molecule has 7 fully saturated rings. The molecule has 490 valence electrons. The molecule has 7 aliphatic rings. The Balaban J connectivity index is 0.000000508. The van der Waals surface area contributed by atoms with Crippen molar-refractivity contribution in [3.63, 3.8) is 0 Å². The third-order valence-electron chi connectivity index (χ3n) is 16.2. The van der Waals surface area contributed by atoms with Crippen molar-refractivity contribution in [1.82, 2.24) is 29.4 Å². The lowest BCUT2D eigenvalue weighted by Crippen LogP contribution is -2.56. The number of carboxylic acids is 2. The van der Waals surface area contributed by atoms with Crippen LogP contribution in [0.1, 0.15) is 169 Å². The lowest BCUT2D eigenvalue weighted by Gasteiger charge is -2.32. The molecular weight excluding hydrogens is 1140 g/mol. The number of rotatable bonds is 21. The molecular formula is C59H99N10O18+3. The number of likely N-dealkylation sites (N-methyl/N-ethyl adjacent to an activating group) is 1. The average molecular weight is 1240 g/mol. The Morgan fingerprint density at radius 3 is 0.874 bits per heavy atom. The number of quaternary nitrogens is 1. The number of carbonyl (C=O) groups excluding carboxylic acids is 12. The van der Waals surface area contributed by atoms with Gasteiger partial charge >= 0.3 is 29.8 Å². The summed E-state index contributed by atoms with van der Waals surface area (Å²) in [6.07, 6.45) is 13.2. The number of primary amides is 3. The van der Waals surface area contributed by atoms with Crippen molar-refractivity contribution in [2.45, 2.75) is 212 Å². The minimum Gasteiger partial charge on any atom is -0.480 e. The number of hydrogen-bond acceptors (Lipinski definition) is 16. The van der Waals surface area contributed by atoms with Gasteiger partial charge in [-0.1, -0.05) is 34.6 Å². The van der Waals surface area contributed by atoms with E-state index in [1.165, 1.54) is 24.0 Å². The number of hydrogen-bond donors (Lipinski definition) is 5. The molecule has 8 N–H and O–H groups in total. The van der Waals surface area contributed by atoms with Gasteiger partial charge in [0.2, 0.25) is 53.2 Å². The molecule has 7 heterocycles. The summed E-state index contributed by atoms with van der Waals surface area (Å²) in [6, 6.07) is -3.31. The highest BCUT2D eigenvalue weighted by Gasteiger charge is 2.47. The fraction of sp³-hybridized carbons (Fsp3) is 0.729. The van der Waals surface area contributed by atoms with Crippen LogP contribution in [0.3, 0.4) is 0 Å². The van der Waals surface area contributed by atoms with Gasteiger partial charge in [0.05, 0.1) is 48.1 Å². The van der Waals surface area contributed by atoms with E-state index in [0.717, 1.165) is 51.5 Å². The quantitative estimate of drug-likeness (QED) is 0.0617. The van der Waals surface area contributed by atoms with Gasteiger partial charge in [0.15, 0.2) is 18.1 Å². The zero-order chi connectivity index (χ0) is 66.3. The molecule has 0 aromatic carbocycles. The molecule has 0 radical (unpaired) electrons. The molecule has 0 aliphatic carbocycles. The zero-order valence-corrected chi connectivity index (χ0v) is 52.5. The Hall–Kier alpha value is -7.52. The number of ether oxygens (including phenoxy) is 2. The van der Waals surface area contributed by atoms with Crippen molar-refractivity contribution < 1.29 is 91.3 Å². The Morgan fingerprint density at radius 2 is 0.690 bits per heavy atom. The highest BCUT2D eigenvalue weighted by atomic mass is 16.5. The molecule has 7 rings (SSSR count). The van der Waals surface area contributed by atoms with Crippen LogP contribution in [0.2, 0.25) is 0 Å². The van der Waals surface area contributed by atoms with E-state index in [9.17, 15) is 67.1 Å². The van der Waals surface area contributed by atoms with E-state index < -0.39 is 47.8 Å². The van der Waals surface area contributed by atoms with E-state index in [1.54, 1.807) is 26.5 Å². The number of carbonyl (C=O) groups is 14. The summed E-state index contributed by atoms with van der Waals surface area (Å²) in [5.41, 5.74) is 15.5. The van der Waals surface area contributed by atoms with E-state index in [1.807, 2.05) is 34.7 Å². The third-order valence-corrected chi connectivity index (χ3v) is 16.2. The largest absolute Gasteiger partial charge is 0.480 e. The summed E-state index contributed by atoms with van der Waals surface area (Å²) in [5, 5.41) is 17.5. The first-order chi connectivity index (χ1) is 41.1. The Labute approximate surface area is 512 Å². The molecule has 28 nitrogen and oxygen atoms in total. The molecule has 87 heavy (non-hydrogen) atoms. The lowest BCUT2D eigenvalue weighted by atomic mass is 10.1.